The summed E-state index contributed by atoms with van der Waals surface area (Å²) in [6, 6.07) is 11.4. The van der Waals surface area contributed by atoms with Crippen molar-refractivity contribution in [2.75, 3.05) is 7.11 Å². The van der Waals surface area contributed by atoms with Crippen LogP contribution in [0.4, 0.5) is 5.82 Å². The molecule has 2 rings (SSSR count). The van der Waals surface area contributed by atoms with Crippen LogP contribution in [0.5, 0.6) is 5.75 Å². The smallest absolute Gasteiger partial charge is 0.406 e. The number of benzene rings is 1. The van der Waals surface area contributed by atoms with E-state index in [1.54, 1.807) is 30.3 Å². The minimum absolute atomic E-state index is 0.0956. The van der Waals surface area contributed by atoms with Crippen LogP contribution < -0.4 is 4.74 Å². The molecule has 7 nitrogen and oxygen atoms in total. The molecular weight excluding hydrogens is 276 g/mol. The lowest BCUT2D eigenvalue weighted by Crippen LogP contribution is -2.20. The molecule has 1 unspecified atom stereocenters. The normalized spacial score (nSPS) is 11.5. The van der Waals surface area contributed by atoms with Gasteiger partial charge in [0.15, 0.2) is 0 Å². The Morgan fingerprint density at radius 3 is 2.57 bits per heavy atom. The first-order valence-corrected chi connectivity index (χ1v) is 6.02. The Bertz CT molecular complexity index is 645. The number of ether oxygens (including phenoxy) is 2. The predicted molar refractivity (Wildman–Crippen MR) is 72.7 cm³/mol. The second-order valence-corrected chi connectivity index (χ2v) is 4.01. The summed E-state index contributed by atoms with van der Waals surface area (Å²) in [6.07, 6.45) is 0.180. The van der Waals surface area contributed by atoms with Gasteiger partial charge >= 0.3 is 11.8 Å². The van der Waals surface area contributed by atoms with E-state index in [1.807, 2.05) is 0 Å². The monoisotopic (exact) mass is 288 g/mol. The van der Waals surface area contributed by atoms with Crippen LogP contribution in [0.15, 0.2) is 48.7 Å². The molecule has 1 heterocycles. The summed E-state index contributed by atoms with van der Waals surface area (Å²) in [5.41, 5.74) is 0.530. The molecule has 0 bridgehead atoms. The van der Waals surface area contributed by atoms with E-state index in [2.05, 4.69) is 9.72 Å². The average Bonchev–Trinajstić information content (AvgIpc) is 2.53. The van der Waals surface area contributed by atoms with Crippen molar-refractivity contribution >= 4 is 11.8 Å². The number of nitrogens with zero attached hydrogens (tertiary/aromatic N) is 2. The maximum Gasteiger partial charge on any atom is 0.406 e. The maximum atomic E-state index is 11.9. The summed E-state index contributed by atoms with van der Waals surface area (Å²) in [6.45, 7) is 0. The first-order chi connectivity index (χ1) is 10.1. The number of aromatic nitrogens is 1. The highest BCUT2D eigenvalue weighted by Gasteiger charge is 2.27. The number of nitro groups is 1. The summed E-state index contributed by atoms with van der Waals surface area (Å²) in [7, 11) is 1.22. The standard InChI is InChI=1S/C14H12N2O5/c1-20-14(17)12(10-6-3-2-4-7-10)21-11-8-5-9-15-13(11)16(18)19/h2-9,12H,1H3. The molecular formula is C14H12N2O5. The molecule has 1 aromatic heterocycles. The molecule has 0 N–H and O–H groups in total. The molecule has 1 aromatic carbocycles. The number of hydrogen-bond acceptors (Lipinski definition) is 6. The quantitative estimate of drug-likeness (QED) is 0.476. The Morgan fingerprint density at radius 1 is 1.24 bits per heavy atom. The van der Waals surface area contributed by atoms with Gasteiger partial charge < -0.3 is 19.6 Å². The number of methoxy groups -OCH3 is 1. The number of rotatable bonds is 5. The fourth-order valence-electron chi connectivity index (χ4n) is 1.73. The fraction of sp³-hybridized carbons (Fsp3) is 0.143. The van der Waals surface area contributed by atoms with E-state index in [0.29, 0.717) is 5.56 Å². The summed E-state index contributed by atoms with van der Waals surface area (Å²) in [4.78, 5) is 25.7. The third-order valence-electron chi connectivity index (χ3n) is 2.69. The number of hydrogen-bond donors (Lipinski definition) is 0. The van der Waals surface area contributed by atoms with Crippen LogP contribution >= 0.6 is 0 Å². The first kappa shape index (κ1) is 14.4. The summed E-state index contributed by atoms with van der Waals surface area (Å²) in [5.74, 6) is -1.21. The average molecular weight is 288 g/mol. The Labute approximate surface area is 120 Å². The highest BCUT2D eigenvalue weighted by Crippen LogP contribution is 2.29. The Morgan fingerprint density at radius 2 is 1.95 bits per heavy atom. The molecule has 0 amide bonds. The van der Waals surface area contributed by atoms with Gasteiger partial charge in [-0.25, -0.2) is 4.79 Å². The van der Waals surface area contributed by atoms with Crippen molar-refractivity contribution in [3.05, 3.63) is 64.3 Å². The van der Waals surface area contributed by atoms with E-state index in [-0.39, 0.29) is 5.75 Å². The van der Waals surface area contributed by atoms with Gasteiger partial charge in [0.2, 0.25) is 11.9 Å². The molecule has 0 radical (unpaired) electrons. The number of pyridine rings is 1. The summed E-state index contributed by atoms with van der Waals surface area (Å²) in [5, 5.41) is 10.9. The van der Waals surface area contributed by atoms with Crippen LogP contribution in [0.2, 0.25) is 0 Å². The Kier molecular flexibility index (Phi) is 4.45. The molecule has 1 atom stereocenters. The third kappa shape index (κ3) is 3.33. The van der Waals surface area contributed by atoms with Gasteiger partial charge in [0.05, 0.1) is 7.11 Å². The lowest BCUT2D eigenvalue weighted by atomic mass is 10.1. The van der Waals surface area contributed by atoms with Gasteiger partial charge in [-0.15, -0.1) is 0 Å². The van der Waals surface area contributed by atoms with Gasteiger partial charge in [-0.1, -0.05) is 30.3 Å². The van der Waals surface area contributed by atoms with Crippen molar-refractivity contribution < 1.29 is 19.2 Å². The predicted octanol–water partition coefficient (Wildman–Crippen LogP) is 2.28. The van der Waals surface area contributed by atoms with E-state index < -0.39 is 22.8 Å². The Balaban J connectivity index is 2.37. The molecule has 0 aliphatic heterocycles. The number of carbonyl (C=O) groups is 1. The van der Waals surface area contributed by atoms with Crippen LogP contribution in [-0.4, -0.2) is 23.0 Å². The van der Waals surface area contributed by atoms with Gasteiger partial charge in [0.25, 0.3) is 0 Å². The third-order valence-corrected chi connectivity index (χ3v) is 2.69. The largest absolute Gasteiger partial charge is 0.466 e. The zero-order valence-corrected chi connectivity index (χ0v) is 11.1. The zero-order valence-electron chi connectivity index (χ0n) is 11.1. The molecule has 0 spiro atoms. The van der Waals surface area contributed by atoms with Crippen LogP contribution in [-0.2, 0) is 9.53 Å². The molecule has 21 heavy (non-hydrogen) atoms. The van der Waals surface area contributed by atoms with Crippen molar-refractivity contribution in [2.45, 2.75) is 6.10 Å². The lowest BCUT2D eigenvalue weighted by Gasteiger charge is -2.16. The van der Waals surface area contributed by atoms with E-state index in [1.165, 1.54) is 25.4 Å². The highest BCUT2D eigenvalue weighted by atomic mass is 16.6. The van der Waals surface area contributed by atoms with Gasteiger partial charge in [-0.2, -0.15) is 0 Å². The van der Waals surface area contributed by atoms with Crippen LogP contribution in [0, 0.1) is 10.1 Å². The first-order valence-electron chi connectivity index (χ1n) is 6.02. The molecule has 0 aliphatic rings. The van der Waals surface area contributed by atoms with Gasteiger partial charge in [-0.3, -0.25) is 0 Å². The van der Waals surface area contributed by atoms with Gasteiger partial charge in [-0.05, 0) is 22.0 Å². The molecule has 108 valence electrons. The van der Waals surface area contributed by atoms with E-state index in [9.17, 15) is 14.9 Å². The molecule has 0 aliphatic carbocycles. The molecule has 0 saturated carbocycles. The van der Waals surface area contributed by atoms with Crippen molar-refractivity contribution in [1.82, 2.24) is 4.98 Å². The lowest BCUT2D eigenvalue weighted by molar-refractivity contribution is -0.390. The van der Waals surface area contributed by atoms with Crippen LogP contribution in [0.25, 0.3) is 0 Å². The fourth-order valence-corrected chi connectivity index (χ4v) is 1.73. The van der Waals surface area contributed by atoms with Crippen molar-refractivity contribution in [2.24, 2.45) is 0 Å². The SMILES string of the molecule is COC(=O)C(Oc1cccnc1[N+](=O)[O-])c1ccccc1. The van der Waals surface area contributed by atoms with Crippen molar-refractivity contribution in [1.29, 1.82) is 0 Å². The zero-order chi connectivity index (χ0) is 15.2. The van der Waals surface area contributed by atoms with Crippen LogP contribution in [0.1, 0.15) is 11.7 Å². The van der Waals surface area contributed by atoms with Crippen LogP contribution in [0.3, 0.4) is 0 Å². The van der Waals surface area contributed by atoms with E-state index in [0.717, 1.165) is 0 Å². The topological polar surface area (TPSA) is 91.6 Å². The maximum absolute atomic E-state index is 11.9. The molecule has 7 heteroatoms. The molecule has 2 aromatic rings. The second kappa shape index (κ2) is 6.47. The minimum atomic E-state index is -1.10. The number of carbonyl (C=O) groups excluding carboxylic acids is 1. The van der Waals surface area contributed by atoms with E-state index >= 15 is 0 Å². The summed E-state index contributed by atoms with van der Waals surface area (Å²) >= 11 is 0. The van der Waals surface area contributed by atoms with Crippen molar-refractivity contribution in [3.8, 4) is 5.75 Å². The highest BCUT2D eigenvalue weighted by molar-refractivity contribution is 5.77. The summed E-state index contributed by atoms with van der Waals surface area (Å²) < 4.78 is 10.2. The second-order valence-electron chi connectivity index (χ2n) is 4.01. The minimum Gasteiger partial charge on any atom is -0.466 e. The molecule has 0 saturated heterocycles. The van der Waals surface area contributed by atoms with Crippen molar-refractivity contribution in [3.63, 3.8) is 0 Å². The van der Waals surface area contributed by atoms with Gasteiger partial charge in [0, 0.05) is 5.56 Å². The Hall–Kier alpha value is -2.96. The molecule has 0 fully saturated rings. The number of esters is 1. The van der Waals surface area contributed by atoms with Gasteiger partial charge in [0.1, 0.15) is 6.20 Å². The van der Waals surface area contributed by atoms with E-state index in [4.69, 9.17) is 4.74 Å².